The van der Waals surface area contributed by atoms with Gasteiger partial charge >= 0.3 is 0 Å². The van der Waals surface area contributed by atoms with Crippen molar-refractivity contribution < 1.29 is 14.3 Å². The van der Waals surface area contributed by atoms with Crippen LogP contribution in [0.15, 0.2) is 42.5 Å². The lowest BCUT2D eigenvalue weighted by molar-refractivity contribution is -0.116. The number of anilines is 1. The maximum absolute atomic E-state index is 12.5. The first kappa shape index (κ1) is 17.8. The van der Waals surface area contributed by atoms with Gasteiger partial charge in [0.05, 0.1) is 24.2 Å². The van der Waals surface area contributed by atoms with E-state index in [1.54, 1.807) is 6.07 Å². The van der Waals surface area contributed by atoms with Crippen molar-refractivity contribution in [2.24, 2.45) is 0 Å². The standard InChI is InChI=1S/C20H23N3O3/c1-4-25-18-11-10-15(12-19(18)26-5-2)22-20(24)13-23-14(3)21-16-8-6-7-9-17(16)23/h6-12H,4-5,13H2,1-3H3,(H,22,24). The van der Waals surface area contributed by atoms with Crippen molar-refractivity contribution in [3.63, 3.8) is 0 Å². The average Bonchev–Trinajstić information content (AvgIpc) is 2.93. The van der Waals surface area contributed by atoms with Crippen molar-refractivity contribution >= 4 is 22.6 Å². The molecule has 6 heteroatoms. The van der Waals surface area contributed by atoms with E-state index in [0.29, 0.717) is 30.4 Å². The Bertz CT molecular complexity index is 918. The van der Waals surface area contributed by atoms with Crippen LogP contribution < -0.4 is 14.8 Å². The number of aryl methyl sites for hydroxylation is 1. The van der Waals surface area contributed by atoms with Gasteiger partial charge in [0.25, 0.3) is 0 Å². The van der Waals surface area contributed by atoms with Gasteiger partial charge in [0.15, 0.2) is 11.5 Å². The highest BCUT2D eigenvalue weighted by molar-refractivity contribution is 5.92. The summed E-state index contributed by atoms with van der Waals surface area (Å²) in [6, 6.07) is 13.2. The van der Waals surface area contributed by atoms with Crippen LogP contribution in [0.25, 0.3) is 11.0 Å². The average molecular weight is 353 g/mol. The highest BCUT2D eigenvalue weighted by Crippen LogP contribution is 2.30. The molecule has 0 saturated carbocycles. The molecule has 0 atom stereocenters. The number of hydrogen-bond acceptors (Lipinski definition) is 4. The molecule has 1 N–H and O–H groups in total. The minimum absolute atomic E-state index is 0.122. The van der Waals surface area contributed by atoms with Crippen LogP contribution in [-0.2, 0) is 11.3 Å². The molecule has 6 nitrogen and oxygen atoms in total. The largest absolute Gasteiger partial charge is 0.490 e. The lowest BCUT2D eigenvalue weighted by atomic mass is 10.2. The van der Waals surface area contributed by atoms with E-state index < -0.39 is 0 Å². The molecule has 0 fully saturated rings. The third-order valence-corrected chi connectivity index (χ3v) is 3.97. The van der Waals surface area contributed by atoms with E-state index in [9.17, 15) is 4.79 Å². The molecule has 0 saturated heterocycles. The Labute approximate surface area is 152 Å². The van der Waals surface area contributed by atoms with E-state index in [4.69, 9.17) is 9.47 Å². The van der Waals surface area contributed by atoms with Crippen LogP contribution in [0.5, 0.6) is 11.5 Å². The summed E-state index contributed by atoms with van der Waals surface area (Å²) in [6.45, 7) is 7.01. The van der Waals surface area contributed by atoms with E-state index in [-0.39, 0.29) is 12.5 Å². The topological polar surface area (TPSA) is 65.4 Å². The second-order valence-corrected chi connectivity index (χ2v) is 5.81. The molecular weight excluding hydrogens is 330 g/mol. The molecule has 0 aliphatic carbocycles. The fourth-order valence-corrected chi connectivity index (χ4v) is 2.87. The molecule has 0 spiro atoms. The number of fused-ring (bicyclic) bond motifs is 1. The molecule has 2 aromatic carbocycles. The zero-order valence-electron chi connectivity index (χ0n) is 15.3. The van der Waals surface area contributed by atoms with Gasteiger partial charge in [-0.3, -0.25) is 4.79 Å². The monoisotopic (exact) mass is 353 g/mol. The number of benzene rings is 2. The summed E-state index contributed by atoms with van der Waals surface area (Å²) in [5, 5.41) is 2.92. The molecule has 3 aromatic rings. The zero-order chi connectivity index (χ0) is 18.5. The van der Waals surface area contributed by atoms with Gasteiger partial charge in [0.1, 0.15) is 12.4 Å². The van der Waals surface area contributed by atoms with Crippen LogP contribution in [0.2, 0.25) is 0 Å². The summed E-state index contributed by atoms with van der Waals surface area (Å²) < 4.78 is 13.1. The number of nitrogens with zero attached hydrogens (tertiary/aromatic N) is 2. The second-order valence-electron chi connectivity index (χ2n) is 5.81. The van der Waals surface area contributed by atoms with Gasteiger partial charge in [-0.1, -0.05) is 12.1 Å². The van der Waals surface area contributed by atoms with Crippen LogP contribution in [0.3, 0.4) is 0 Å². The van der Waals surface area contributed by atoms with Crippen molar-refractivity contribution in [2.75, 3.05) is 18.5 Å². The number of para-hydroxylation sites is 2. The van der Waals surface area contributed by atoms with Crippen molar-refractivity contribution in [3.8, 4) is 11.5 Å². The summed E-state index contributed by atoms with van der Waals surface area (Å²) in [5.74, 6) is 1.98. The SMILES string of the molecule is CCOc1ccc(NC(=O)Cn2c(C)nc3ccccc32)cc1OCC. The number of carbonyl (C=O) groups is 1. The summed E-state index contributed by atoms with van der Waals surface area (Å²) >= 11 is 0. The van der Waals surface area contributed by atoms with Gasteiger partial charge in [-0.05, 0) is 45.0 Å². The molecule has 1 amide bonds. The number of carbonyl (C=O) groups excluding carboxylic acids is 1. The number of ether oxygens (including phenoxy) is 2. The van der Waals surface area contributed by atoms with Crippen LogP contribution in [-0.4, -0.2) is 28.7 Å². The first-order chi connectivity index (χ1) is 12.6. The Morgan fingerprint density at radius 3 is 2.58 bits per heavy atom. The van der Waals surface area contributed by atoms with Crippen LogP contribution in [0.1, 0.15) is 19.7 Å². The normalized spacial score (nSPS) is 10.7. The second kappa shape index (κ2) is 7.91. The maximum atomic E-state index is 12.5. The Morgan fingerprint density at radius 2 is 1.81 bits per heavy atom. The van der Waals surface area contributed by atoms with Crippen LogP contribution >= 0.6 is 0 Å². The van der Waals surface area contributed by atoms with Crippen molar-refractivity contribution in [2.45, 2.75) is 27.3 Å². The summed E-state index contributed by atoms with van der Waals surface area (Å²) in [6.07, 6.45) is 0. The maximum Gasteiger partial charge on any atom is 0.244 e. The van der Waals surface area contributed by atoms with Crippen molar-refractivity contribution in [3.05, 3.63) is 48.3 Å². The molecule has 0 aliphatic rings. The quantitative estimate of drug-likeness (QED) is 0.702. The third kappa shape index (κ3) is 3.79. The van der Waals surface area contributed by atoms with Crippen LogP contribution in [0, 0.1) is 6.92 Å². The molecule has 1 heterocycles. The molecule has 136 valence electrons. The first-order valence-electron chi connectivity index (χ1n) is 8.73. The fraction of sp³-hybridized carbons (Fsp3) is 0.300. The molecule has 3 rings (SSSR count). The Balaban J connectivity index is 1.77. The predicted octanol–water partition coefficient (Wildman–Crippen LogP) is 3.78. The summed E-state index contributed by atoms with van der Waals surface area (Å²) in [5.41, 5.74) is 2.50. The highest BCUT2D eigenvalue weighted by Gasteiger charge is 2.12. The number of rotatable bonds is 7. The van der Waals surface area contributed by atoms with Crippen molar-refractivity contribution in [1.82, 2.24) is 9.55 Å². The number of nitrogens with one attached hydrogen (secondary N) is 1. The molecule has 0 bridgehead atoms. The molecule has 0 radical (unpaired) electrons. The van der Waals surface area contributed by atoms with Gasteiger partial charge < -0.3 is 19.4 Å². The van der Waals surface area contributed by atoms with E-state index in [1.165, 1.54) is 0 Å². The molecule has 26 heavy (non-hydrogen) atoms. The molecule has 0 aliphatic heterocycles. The molecule has 1 aromatic heterocycles. The zero-order valence-corrected chi connectivity index (χ0v) is 15.3. The van der Waals surface area contributed by atoms with Gasteiger partial charge in [0.2, 0.25) is 5.91 Å². The lowest BCUT2D eigenvalue weighted by Crippen LogP contribution is -2.19. The first-order valence-corrected chi connectivity index (χ1v) is 8.73. The third-order valence-electron chi connectivity index (χ3n) is 3.97. The summed E-state index contributed by atoms with van der Waals surface area (Å²) in [4.78, 5) is 17.0. The van der Waals surface area contributed by atoms with E-state index in [0.717, 1.165) is 16.9 Å². The number of imidazole rings is 1. The van der Waals surface area contributed by atoms with Crippen molar-refractivity contribution in [1.29, 1.82) is 0 Å². The van der Waals surface area contributed by atoms with Gasteiger partial charge in [-0.2, -0.15) is 0 Å². The Hall–Kier alpha value is -3.02. The number of amides is 1. The molecule has 0 unspecified atom stereocenters. The van der Waals surface area contributed by atoms with Gasteiger partial charge in [0, 0.05) is 11.8 Å². The minimum Gasteiger partial charge on any atom is -0.490 e. The lowest BCUT2D eigenvalue weighted by Gasteiger charge is -2.13. The summed E-state index contributed by atoms with van der Waals surface area (Å²) in [7, 11) is 0. The highest BCUT2D eigenvalue weighted by atomic mass is 16.5. The van der Waals surface area contributed by atoms with E-state index >= 15 is 0 Å². The Kier molecular flexibility index (Phi) is 5.41. The van der Waals surface area contributed by atoms with Gasteiger partial charge in [-0.15, -0.1) is 0 Å². The Morgan fingerprint density at radius 1 is 1.08 bits per heavy atom. The van der Waals surface area contributed by atoms with E-state index in [2.05, 4.69) is 10.3 Å². The van der Waals surface area contributed by atoms with E-state index in [1.807, 2.05) is 61.7 Å². The minimum atomic E-state index is -0.122. The molecular formula is C20H23N3O3. The predicted molar refractivity (Wildman–Crippen MR) is 102 cm³/mol. The van der Waals surface area contributed by atoms with Crippen LogP contribution in [0.4, 0.5) is 5.69 Å². The number of aromatic nitrogens is 2. The fourth-order valence-electron chi connectivity index (χ4n) is 2.87. The number of hydrogen-bond donors (Lipinski definition) is 1. The smallest absolute Gasteiger partial charge is 0.244 e. The van der Waals surface area contributed by atoms with Gasteiger partial charge in [-0.25, -0.2) is 4.98 Å².